The predicted molar refractivity (Wildman–Crippen MR) is 242 cm³/mol. The summed E-state index contributed by atoms with van der Waals surface area (Å²) in [6.45, 7) is 9.86. The number of hydrogen-bond acceptors (Lipinski definition) is 1. The van der Waals surface area contributed by atoms with Gasteiger partial charge >= 0.3 is 0 Å². The number of benzene rings is 8. The van der Waals surface area contributed by atoms with E-state index < -0.39 is 13.5 Å². The van der Waals surface area contributed by atoms with E-state index in [4.69, 9.17) is 0 Å². The topological polar surface area (TPSA) is 8.17 Å². The van der Waals surface area contributed by atoms with Crippen LogP contribution in [0.25, 0.3) is 38.6 Å². The second-order valence-electron chi connectivity index (χ2n) is 17.3. The highest BCUT2D eigenvalue weighted by Crippen LogP contribution is 2.56. The van der Waals surface area contributed by atoms with E-state index in [1.165, 1.54) is 93.7 Å². The number of anilines is 3. The lowest BCUT2D eigenvalue weighted by molar-refractivity contribution is 0.660. The van der Waals surface area contributed by atoms with Crippen LogP contribution in [0, 0.1) is 0 Å². The first-order chi connectivity index (χ1) is 27.8. The number of rotatable bonds is 3. The van der Waals surface area contributed by atoms with E-state index in [2.05, 4.69) is 218 Å². The summed E-state index contributed by atoms with van der Waals surface area (Å²) in [7, 11) is -2.18. The zero-order valence-corrected chi connectivity index (χ0v) is 33.7. The van der Waals surface area contributed by atoms with Crippen molar-refractivity contribution in [2.45, 2.75) is 37.8 Å². The van der Waals surface area contributed by atoms with E-state index >= 15 is 0 Å². The van der Waals surface area contributed by atoms with Crippen molar-refractivity contribution in [3.05, 3.63) is 215 Å². The summed E-state index contributed by atoms with van der Waals surface area (Å²) in [5, 5.41) is 5.62. The van der Waals surface area contributed by atoms with Crippen molar-refractivity contribution in [1.82, 2.24) is 4.57 Å². The Kier molecular flexibility index (Phi) is 6.52. The zero-order valence-electron chi connectivity index (χ0n) is 32.7. The molecule has 1 atom stereocenters. The fourth-order valence-corrected chi connectivity index (χ4v) is 14.5. The van der Waals surface area contributed by atoms with Crippen LogP contribution in [0.2, 0.25) is 13.1 Å². The molecule has 1 aromatic heterocycles. The molecule has 0 bridgehead atoms. The smallest absolute Gasteiger partial charge is 0.113 e. The minimum absolute atomic E-state index is 0.105. The molecule has 1 aliphatic carbocycles. The van der Waals surface area contributed by atoms with Gasteiger partial charge in [-0.3, -0.25) is 0 Å². The number of hydrogen-bond donors (Lipinski definition) is 0. The average molecular weight is 747 g/mol. The molecule has 8 aromatic carbocycles. The summed E-state index contributed by atoms with van der Waals surface area (Å²) < 4.78 is 2.55. The molecule has 0 radical (unpaired) electrons. The van der Waals surface area contributed by atoms with Gasteiger partial charge in [-0.1, -0.05) is 160 Å². The Morgan fingerprint density at radius 2 is 1.04 bits per heavy atom. The highest BCUT2D eigenvalue weighted by atomic mass is 28.3. The lowest BCUT2D eigenvalue weighted by Crippen LogP contribution is -2.63. The first kappa shape index (κ1) is 32.8. The van der Waals surface area contributed by atoms with E-state index in [1.54, 1.807) is 0 Å². The van der Waals surface area contributed by atoms with Crippen molar-refractivity contribution in [1.29, 1.82) is 0 Å². The maximum atomic E-state index is 2.58. The Bertz CT molecular complexity index is 3150. The van der Waals surface area contributed by atoms with Gasteiger partial charge < -0.3 is 9.47 Å². The third-order valence-electron chi connectivity index (χ3n) is 13.8. The molecule has 3 heteroatoms. The fourth-order valence-electron chi connectivity index (χ4n) is 11.3. The predicted octanol–water partition coefficient (Wildman–Crippen LogP) is 12.4. The number of nitrogens with zero attached hydrogens (tertiary/aromatic N) is 2. The standard InChI is InChI=1S/C54H42N2Si/c1-53(2)42-22-10-8-19-38(42)39-31-29-36(33-46(39)53)55(35-17-6-5-7-18-35)37-30-32-51-47(34-37)54(44-24-12-15-28-50(44)57(51,3)4)43-23-11-14-27-49(43)56-48-26-13-9-20-40(48)41-21-16-25-45(54)52(41)56/h5-34H,1-4H3. The van der Waals surface area contributed by atoms with Gasteiger partial charge in [0.1, 0.15) is 8.07 Å². The van der Waals surface area contributed by atoms with Crippen LogP contribution in [-0.4, -0.2) is 12.6 Å². The summed E-state index contributed by atoms with van der Waals surface area (Å²) in [6, 6.07) is 69.2. The first-order valence-corrected chi connectivity index (χ1v) is 23.3. The van der Waals surface area contributed by atoms with Crippen LogP contribution in [0.1, 0.15) is 47.2 Å². The van der Waals surface area contributed by atoms with Gasteiger partial charge in [0.05, 0.1) is 22.1 Å². The van der Waals surface area contributed by atoms with Crippen LogP contribution >= 0.6 is 0 Å². The first-order valence-electron chi connectivity index (χ1n) is 20.3. The third-order valence-corrected chi connectivity index (χ3v) is 17.4. The summed E-state index contributed by atoms with van der Waals surface area (Å²) in [5.41, 5.74) is 17.7. The van der Waals surface area contributed by atoms with Gasteiger partial charge in [0.2, 0.25) is 0 Å². The molecule has 0 fully saturated rings. The number of fused-ring (bicyclic) bond motifs is 14. The molecule has 1 spiro atoms. The second-order valence-corrected chi connectivity index (χ2v) is 21.6. The molecule has 0 amide bonds. The summed E-state index contributed by atoms with van der Waals surface area (Å²) in [5.74, 6) is 0. The van der Waals surface area contributed by atoms with E-state index in [-0.39, 0.29) is 5.41 Å². The quantitative estimate of drug-likeness (QED) is 0.163. The molecule has 3 heterocycles. The molecule has 0 N–H and O–H groups in total. The van der Waals surface area contributed by atoms with Gasteiger partial charge in [0.25, 0.3) is 0 Å². The molecular formula is C54H42N2Si. The molecule has 2 aliphatic heterocycles. The summed E-state index contributed by atoms with van der Waals surface area (Å²) >= 11 is 0. The lowest BCUT2D eigenvalue weighted by Gasteiger charge is -2.50. The normalized spacial score (nSPS) is 17.5. The molecule has 2 nitrogen and oxygen atoms in total. The molecule has 12 rings (SSSR count). The van der Waals surface area contributed by atoms with E-state index in [1.807, 2.05) is 0 Å². The molecule has 3 aliphatic rings. The van der Waals surface area contributed by atoms with Crippen molar-refractivity contribution in [2.24, 2.45) is 0 Å². The maximum Gasteiger partial charge on any atom is 0.113 e. The Labute approximate surface area is 335 Å². The number of aromatic nitrogens is 1. The highest BCUT2D eigenvalue weighted by Gasteiger charge is 2.53. The summed E-state index contributed by atoms with van der Waals surface area (Å²) in [6.07, 6.45) is 0. The van der Waals surface area contributed by atoms with E-state index in [9.17, 15) is 0 Å². The molecule has 1 unspecified atom stereocenters. The average Bonchev–Trinajstić information content (AvgIpc) is 3.71. The van der Waals surface area contributed by atoms with Crippen molar-refractivity contribution in [2.75, 3.05) is 4.90 Å². The Hall–Kier alpha value is -6.42. The monoisotopic (exact) mass is 746 g/mol. The van der Waals surface area contributed by atoms with Crippen molar-refractivity contribution in [3.63, 3.8) is 0 Å². The van der Waals surface area contributed by atoms with Crippen molar-refractivity contribution < 1.29 is 0 Å². The SMILES string of the molecule is CC1(C)c2ccccc2-c2ccc(N(c3ccccc3)c3ccc4c(c3)C3(c5ccccc5-n5c6ccccc6c6cccc3c65)c3ccccc3[Si]4(C)C)cc21. The van der Waals surface area contributed by atoms with Crippen LogP contribution in [-0.2, 0) is 10.8 Å². The van der Waals surface area contributed by atoms with Gasteiger partial charge in [-0.05, 0) is 103 Å². The molecule has 0 saturated carbocycles. The van der Waals surface area contributed by atoms with Crippen LogP contribution in [0.15, 0.2) is 182 Å². The number of para-hydroxylation sites is 4. The third kappa shape index (κ3) is 4.09. The maximum absolute atomic E-state index is 2.58. The van der Waals surface area contributed by atoms with Gasteiger partial charge in [-0.2, -0.15) is 0 Å². The molecule has 272 valence electrons. The van der Waals surface area contributed by atoms with Gasteiger partial charge in [-0.15, -0.1) is 0 Å². The zero-order chi connectivity index (χ0) is 38.3. The second kappa shape index (κ2) is 11.3. The lowest BCUT2D eigenvalue weighted by atomic mass is 9.62. The van der Waals surface area contributed by atoms with Gasteiger partial charge in [0, 0.05) is 33.2 Å². The molecular weight excluding hydrogens is 705 g/mol. The van der Waals surface area contributed by atoms with E-state index in [0.717, 1.165) is 5.69 Å². The van der Waals surface area contributed by atoms with Crippen LogP contribution in [0.5, 0.6) is 0 Å². The molecule has 9 aromatic rings. The van der Waals surface area contributed by atoms with Crippen LogP contribution < -0.4 is 15.3 Å². The molecule has 0 saturated heterocycles. The van der Waals surface area contributed by atoms with Gasteiger partial charge in [0.15, 0.2) is 0 Å². The highest BCUT2D eigenvalue weighted by molar-refractivity contribution is 7.01. The Balaban J connectivity index is 1.19. The van der Waals surface area contributed by atoms with Crippen LogP contribution in [0.3, 0.4) is 0 Å². The Morgan fingerprint density at radius 1 is 0.439 bits per heavy atom. The fraction of sp³-hybridized carbons (Fsp3) is 0.111. The minimum Gasteiger partial charge on any atom is -0.310 e. The van der Waals surface area contributed by atoms with Crippen LogP contribution in [0.4, 0.5) is 17.1 Å². The molecule has 57 heavy (non-hydrogen) atoms. The largest absolute Gasteiger partial charge is 0.310 e. The van der Waals surface area contributed by atoms with Crippen molar-refractivity contribution in [3.8, 4) is 16.8 Å². The van der Waals surface area contributed by atoms with E-state index in [0.29, 0.717) is 0 Å². The minimum atomic E-state index is -2.18. The van der Waals surface area contributed by atoms with Crippen molar-refractivity contribution >= 4 is 57.3 Å². The Morgan fingerprint density at radius 3 is 1.88 bits per heavy atom. The summed E-state index contributed by atoms with van der Waals surface area (Å²) in [4.78, 5) is 2.49. The van der Waals surface area contributed by atoms with Gasteiger partial charge in [-0.25, -0.2) is 0 Å².